The SMILES string of the molecule is COC(=O)[C@@H]1c2cc3c(c(O)c2[C@@H](O[C@H]2C[C@H](N(C)C)[C@H](O[C@H]4C[C@H](O)[C@H](O)[C@H](C)O4)[C@H](C)O2)C[C@@]1(C)O)C(=O)c1c(O)cccc1C3=O. The zero-order chi connectivity index (χ0) is 35.7. The number of carbonyl (C=O) groups is 3. The minimum atomic E-state index is -1.78. The molecule has 11 atom stereocenters. The third-order valence-electron chi connectivity index (χ3n) is 10.3. The van der Waals surface area contributed by atoms with E-state index in [0.717, 1.165) is 7.11 Å². The van der Waals surface area contributed by atoms with Crippen molar-refractivity contribution in [3.8, 4) is 11.5 Å². The molecule has 0 bridgehead atoms. The average Bonchev–Trinajstić information content (AvgIpc) is 3.02. The monoisotopic (exact) mass is 685 g/mol. The van der Waals surface area contributed by atoms with Crippen molar-refractivity contribution in [2.75, 3.05) is 21.2 Å². The van der Waals surface area contributed by atoms with Crippen molar-refractivity contribution in [3.63, 3.8) is 0 Å². The van der Waals surface area contributed by atoms with Crippen LogP contribution < -0.4 is 0 Å². The molecule has 266 valence electrons. The van der Waals surface area contributed by atoms with E-state index in [1.807, 2.05) is 19.0 Å². The molecule has 0 aromatic heterocycles. The van der Waals surface area contributed by atoms with Crippen LogP contribution in [0, 0.1) is 0 Å². The summed E-state index contributed by atoms with van der Waals surface area (Å²) in [7, 11) is 4.87. The molecule has 49 heavy (non-hydrogen) atoms. The van der Waals surface area contributed by atoms with Gasteiger partial charge in [0.25, 0.3) is 0 Å². The van der Waals surface area contributed by atoms with Crippen molar-refractivity contribution in [1.29, 1.82) is 0 Å². The molecule has 0 saturated carbocycles. The normalized spacial score (nSPS) is 35.8. The number of ketones is 2. The lowest BCUT2D eigenvalue weighted by atomic mass is 9.68. The summed E-state index contributed by atoms with van der Waals surface area (Å²) in [6, 6.07) is 5.09. The van der Waals surface area contributed by atoms with Crippen LogP contribution in [-0.2, 0) is 28.5 Å². The highest BCUT2D eigenvalue weighted by molar-refractivity contribution is 6.30. The number of aliphatic hydroxyl groups excluding tert-OH is 2. The van der Waals surface area contributed by atoms with Crippen LogP contribution in [0.2, 0.25) is 0 Å². The Bertz CT molecular complexity index is 1640. The molecule has 2 saturated heterocycles. The van der Waals surface area contributed by atoms with Crippen molar-refractivity contribution in [2.45, 2.75) is 107 Å². The summed E-state index contributed by atoms with van der Waals surface area (Å²) in [5.41, 5.74) is -2.53. The Labute approximate surface area is 283 Å². The Kier molecular flexibility index (Phi) is 9.39. The van der Waals surface area contributed by atoms with Crippen LogP contribution in [0.5, 0.6) is 11.5 Å². The van der Waals surface area contributed by atoms with E-state index in [2.05, 4.69) is 0 Å². The maximum absolute atomic E-state index is 13.8. The number of aromatic hydroxyl groups is 2. The maximum atomic E-state index is 13.8. The number of nitrogens with zero attached hydrogens (tertiary/aromatic N) is 1. The first kappa shape index (κ1) is 35.4. The number of aliphatic hydroxyl groups is 3. The van der Waals surface area contributed by atoms with Gasteiger partial charge in [0.05, 0.1) is 48.3 Å². The number of ether oxygens (including phenoxy) is 5. The van der Waals surface area contributed by atoms with E-state index in [9.17, 15) is 39.9 Å². The summed E-state index contributed by atoms with van der Waals surface area (Å²) >= 11 is 0. The van der Waals surface area contributed by atoms with Gasteiger partial charge >= 0.3 is 5.97 Å². The molecular weight excluding hydrogens is 642 g/mol. The fourth-order valence-corrected chi connectivity index (χ4v) is 7.75. The summed E-state index contributed by atoms with van der Waals surface area (Å²) in [6.07, 6.45) is -6.59. The Morgan fingerprint density at radius 1 is 0.959 bits per heavy atom. The van der Waals surface area contributed by atoms with Gasteiger partial charge in [-0.15, -0.1) is 0 Å². The molecule has 0 spiro atoms. The second-order valence-corrected chi connectivity index (χ2v) is 13.9. The van der Waals surface area contributed by atoms with Crippen molar-refractivity contribution >= 4 is 17.5 Å². The lowest BCUT2D eigenvalue weighted by molar-refractivity contribution is -0.310. The van der Waals surface area contributed by atoms with Gasteiger partial charge in [0, 0.05) is 42.0 Å². The first-order valence-corrected chi connectivity index (χ1v) is 16.3. The number of hydrogen-bond acceptors (Lipinski definition) is 14. The van der Waals surface area contributed by atoms with Gasteiger partial charge in [-0.2, -0.15) is 0 Å². The molecule has 5 N–H and O–H groups in total. The molecule has 6 rings (SSSR count). The molecular formula is C35H43NO13. The number of esters is 1. The zero-order valence-corrected chi connectivity index (χ0v) is 28.2. The Morgan fingerprint density at radius 3 is 2.29 bits per heavy atom. The predicted molar refractivity (Wildman–Crippen MR) is 169 cm³/mol. The van der Waals surface area contributed by atoms with Crippen LogP contribution in [0.1, 0.15) is 95.0 Å². The molecule has 0 amide bonds. The van der Waals surface area contributed by atoms with Crippen LogP contribution in [0.15, 0.2) is 24.3 Å². The minimum Gasteiger partial charge on any atom is -0.507 e. The van der Waals surface area contributed by atoms with Gasteiger partial charge in [0.15, 0.2) is 18.4 Å². The van der Waals surface area contributed by atoms with E-state index in [4.69, 9.17) is 23.7 Å². The number of hydrogen-bond donors (Lipinski definition) is 5. The molecule has 0 unspecified atom stereocenters. The Balaban J connectivity index is 1.35. The van der Waals surface area contributed by atoms with Gasteiger partial charge in [-0.05, 0) is 52.6 Å². The molecule has 0 radical (unpaired) electrons. The zero-order valence-electron chi connectivity index (χ0n) is 28.2. The third-order valence-corrected chi connectivity index (χ3v) is 10.3. The van der Waals surface area contributed by atoms with Crippen LogP contribution >= 0.6 is 0 Å². The van der Waals surface area contributed by atoms with Gasteiger partial charge in [0.1, 0.15) is 29.6 Å². The first-order chi connectivity index (χ1) is 23.0. The first-order valence-electron chi connectivity index (χ1n) is 16.3. The average molecular weight is 686 g/mol. The van der Waals surface area contributed by atoms with Gasteiger partial charge in [-0.1, -0.05) is 12.1 Å². The quantitative estimate of drug-likeness (QED) is 0.235. The predicted octanol–water partition coefficient (Wildman–Crippen LogP) is 1.65. The largest absolute Gasteiger partial charge is 0.507 e. The van der Waals surface area contributed by atoms with Gasteiger partial charge in [-0.3, -0.25) is 14.4 Å². The number of likely N-dealkylation sites (N-methyl/N-ethyl adjacent to an activating group) is 1. The van der Waals surface area contributed by atoms with Crippen molar-refractivity contribution < 1.29 is 63.6 Å². The number of benzene rings is 2. The number of fused-ring (bicyclic) bond motifs is 3. The molecule has 2 heterocycles. The fourth-order valence-electron chi connectivity index (χ4n) is 7.75. The van der Waals surface area contributed by atoms with Crippen molar-refractivity contribution in [3.05, 3.63) is 57.6 Å². The number of phenolic OH excluding ortho intramolecular Hbond substituents is 2. The smallest absolute Gasteiger partial charge is 0.316 e. The Morgan fingerprint density at radius 2 is 1.63 bits per heavy atom. The fraction of sp³-hybridized carbons (Fsp3) is 0.571. The van der Waals surface area contributed by atoms with E-state index in [-0.39, 0.29) is 58.7 Å². The third kappa shape index (κ3) is 6.03. The van der Waals surface area contributed by atoms with Crippen LogP contribution in [-0.4, -0.2) is 124 Å². The molecule has 14 nitrogen and oxygen atoms in total. The number of rotatable bonds is 6. The molecule has 14 heteroatoms. The van der Waals surface area contributed by atoms with Crippen LogP contribution in [0.4, 0.5) is 0 Å². The lowest BCUT2D eigenvalue weighted by Crippen LogP contribution is -2.57. The number of carbonyl (C=O) groups excluding carboxylic acids is 3. The standard InChI is InChI=1S/C35H43NO13/c1-14-29(39)21(38)12-24(46-14)49-33-15(2)47-23(11-19(33)36(4)5)48-22-13-35(3,44)28(34(43)45-6)17-10-18-27(32(42)26(17)22)31(41)25-16(30(18)40)8-7-9-20(25)37/h7-10,14-15,19,21-24,28-29,33,37-39,42,44H,11-13H2,1-6H3/t14-,15-,19-,21-,22-,23-,24-,28-,29+,33+,35+/m0/s1. The summed E-state index contributed by atoms with van der Waals surface area (Å²) in [4.78, 5) is 42.5. The van der Waals surface area contributed by atoms with E-state index in [0.29, 0.717) is 0 Å². The van der Waals surface area contributed by atoms with Crippen molar-refractivity contribution in [1.82, 2.24) is 4.90 Å². The minimum absolute atomic E-state index is 0.0221. The van der Waals surface area contributed by atoms with E-state index < -0.39 is 89.8 Å². The second kappa shape index (κ2) is 13.0. The van der Waals surface area contributed by atoms with E-state index >= 15 is 0 Å². The van der Waals surface area contributed by atoms with Crippen molar-refractivity contribution in [2.24, 2.45) is 0 Å². The Hall–Kier alpha value is -3.47. The number of methoxy groups -OCH3 is 1. The highest BCUT2D eigenvalue weighted by Crippen LogP contribution is 2.53. The lowest BCUT2D eigenvalue weighted by Gasteiger charge is -2.47. The summed E-state index contributed by atoms with van der Waals surface area (Å²) in [5, 5.41) is 54.4. The van der Waals surface area contributed by atoms with E-state index in [1.54, 1.807) is 13.8 Å². The number of phenols is 2. The highest BCUT2D eigenvalue weighted by Gasteiger charge is 2.52. The van der Waals surface area contributed by atoms with Crippen LogP contribution in [0.3, 0.4) is 0 Å². The highest BCUT2D eigenvalue weighted by atomic mass is 16.7. The summed E-state index contributed by atoms with van der Waals surface area (Å²) in [5.74, 6) is -4.61. The summed E-state index contributed by atoms with van der Waals surface area (Å²) in [6.45, 7) is 4.86. The second-order valence-electron chi connectivity index (χ2n) is 13.9. The molecule has 2 fully saturated rings. The maximum Gasteiger partial charge on any atom is 0.316 e. The topological polar surface area (TPSA) is 202 Å². The van der Waals surface area contributed by atoms with Crippen LogP contribution in [0.25, 0.3) is 0 Å². The summed E-state index contributed by atoms with van der Waals surface area (Å²) < 4.78 is 29.9. The van der Waals surface area contributed by atoms with Gasteiger partial charge in [0.2, 0.25) is 5.78 Å². The molecule has 4 aliphatic rings. The van der Waals surface area contributed by atoms with Gasteiger partial charge < -0.3 is 54.1 Å². The van der Waals surface area contributed by atoms with E-state index in [1.165, 1.54) is 31.2 Å². The molecule has 2 aliphatic carbocycles. The van der Waals surface area contributed by atoms with Gasteiger partial charge in [-0.25, -0.2) is 0 Å². The molecule has 2 aromatic carbocycles. The molecule has 2 aromatic rings. The molecule has 2 aliphatic heterocycles.